The summed E-state index contributed by atoms with van der Waals surface area (Å²) in [5.74, 6) is -1.43. The molecule has 0 aromatic heterocycles. The Bertz CT molecular complexity index is 319. The molecule has 19 heavy (non-hydrogen) atoms. The molecule has 1 amide bonds. The van der Waals surface area contributed by atoms with Gasteiger partial charge in [-0.2, -0.15) is 0 Å². The second-order valence-electron chi connectivity index (χ2n) is 5.25. The summed E-state index contributed by atoms with van der Waals surface area (Å²) in [6, 6.07) is -0.333. The quantitative estimate of drug-likeness (QED) is 0.766. The van der Waals surface area contributed by atoms with Crippen molar-refractivity contribution in [2.45, 2.75) is 45.6 Å². The van der Waals surface area contributed by atoms with Gasteiger partial charge < -0.3 is 14.7 Å². The van der Waals surface area contributed by atoms with Crippen LogP contribution in [0.15, 0.2) is 0 Å². The van der Waals surface area contributed by atoms with E-state index in [9.17, 15) is 9.59 Å². The van der Waals surface area contributed by atoms with Crippen molar-refractivity contribution < 1.29 is 19.4 Å². The van der Waals surface area contributed by atoms with E-state index in [1.165, 1.54) is 0 Å². The van der Waals surface area contributed by atoms with Crippen molar-refractivity contribution in [3.05, 3.63) is 0 Å². The fraction of sp³-hybridized carbons (Fsp3) is 0.857. The summed E-state index contributed by atoms with van der Waals surface area (Å²) in [5.41, 5.74) is 0. The van der Waals surface area contributed by atoms with Crippen molar-refractivity contribution in [3.63, 3.8) is 0 Å². The molecule has 1 heterocycles. The van der Waals surface area contributed by atoms with Gasteiger partial charge >= 0.3 is 5.97 Å². The molecule has 110 valence electrons. The van der Waals surface area contributed by atoms with E-state index in [1.54, 1.807) is 11.9 Å². The van der Waals surface area contributed by atoms with Gasteiger partial charge in [-0.3, -0.25) is 9.59 Å². The molecule has 1 rings (SSSR count). The number of aliphatic carboxylic acids is 1. The molecule has 1 aliphatic heterocycles. The lowest BCUT2D eigenvalue weighted by Crippen LogP contribution is -2.46. The Hall–Kier alpha value is -1.10. The van der Waals surface area contributed by atoms with Gasteiger partial charge in [0.1, 0.15) is 5.92 Å². The van der Waals surface area contributed by atoms with Crippen molar-refractivity contribution in [2.24, 2.45) is 11.8 Å². The van der Waals surface area contributed by atoms with Crippen molar-refractivity contribution in [2.75, 3.05) is 20.3 Å². The molecule has 0 spiro atoms. The van der Waals surface area contributed by atoms with E-state index < -0.39 is 11.9 Å². The maximum absolute atomic E-state index is 12.4. The number of carboxylic acid groups (broad SMARTS) is 1. The van der Waals surface area contributed by atoms with Gasteiger partial charge in [-0.25, -0.2) is 0 Å². The molecular weight excluding hydrogens is 246 g/mol. The van der Waals surface area contributed by atoms with Gasteiger partial charge in [-0.05, 0) is 12.8 Å². The van der Waals surface area contributed by atoms with Crippen LogP contribution in [0.5, 0.6) is 0 Å². The molecule has 1 fully saturated rings. The number of rotatable bonds is 7. The Morgan fingerprint density at radius 2 is 2.05 bits per heavy atom. The number of nitrogens with zero attached hydrogens (tertiary/aromatic N) is 1. The summed E-state index contributed by atoms with van der Waals surface area (Å²) in [6.45, 7) is 4.63. The number of carbonyl (C=O) groups excluding carboxylic acids is 1. The Morgan fingerprint density at radius 3 is 2.58 bits per heavy atom. The first-order chi connectivity index (χ1) is 9.02. The second-order valence-corrected chi connectivity index (χ2v) is 5.25. The van der Waals surface area contributed by atoms with E-state index >= 15 is 0 Å². The highest BCUT2D eigenvalue weighted by Crippen LogP contribution is 2.23. The van der Waals surface area contributed by atoms with Crippen LogP contribution < -0.4 is 0 Å². The van der Waals surface area contributed by atoms with Gasteiger partial charge in [0.25, 0.3) is 0 Å². The Balaban J connectivity index is 2.66. The van der Waals surface area contributed by atoms with Crippen molar-refractivity contribution in [3.8, 4) is 0 Å². The molecule has 1 aliphatic rings. The molecule has 3 unspecified atom stereocenters. The first-order valence-electron chi connectivity index (χ1n) is 7.10. The molecule has 0 aromatic carbocycles. The van der Waals surface area contributed by atoms with Crippen molar-refractivity contribution in [1.82, 2.24) is 4.90 Å². The highest BCUT2D eigenvalue weighted by molar-refractivity contribution is 5.80. The van der Waals surface area contributed by atoms with Gasteiger partial charge in [0, 0.05) is 13.0 Å². The van der Waals surface area contributed by atoms with Gasteiger partial charge in [0.2, 0.25) is 5.91 Å². The molecular formula is C14H25NO4. The third kappa shape index (κ3) is 3.93. The zero-order valence-electron chi connectivity index (χ0n) is 12.1. The van der Waals surface area contributed by atoms with Crippen molar-refractivity contribution >= 4 is 11.9 Å². The lowest BCUT2D eigenvalue weighted by atomic mass is 9.95. The van der Waals surface area contributed by atoms with E-state index in [0.717, 1.165) is 25.7 Å². The fourth-order valence-corrected chi connectivity index (χ4v) is 2.56. The standard InChI is InChI=1S/C14H25NO4/c1-4-6-7-10(5-2)13(16)15(3)12-9-19-8-11(12)14(17)18/h10-12H,4-9H2,1-3H3,(H,17,18). The monoisotopic (exact) mass is 271 g/mol. The largest absolute Gasteiger partial charge is 0.481 e. The van der Waals surface area contributed by atoms with Crippen LogP contribution in [0.25, 0.3) is 0 Å². The van der Waals surface area contributed by atoms with E-state index in [1.807, 2.05) is 6.92 Å². The molecule has 0 aliphatic carbocycles. The van der Waals surface area contributed by atoms with Crippen LogP contribution in [0, 0.1) is 11.8 Å². The predicted molar refractivity (Wildman–Crippen MR) is 71.8 cm³/mol. The van der Waals surface area contributed by atoms with Crippen LogP contribution in [0.1, 0.15) is 39.5 Å². The number of amides is 1. The van der Waals surface area contributed by atoms with Crippen LogP contribution in [0.4, 0.5) is 0 Å². The van der Waals surface area contributed by atoms with Gasteiger partial charge in [-0.1, -0.05) is 26.7 Å². The molecule has 0 saturated carbocycles. The Kier molecular flexibility index (Phi) is 6.28. The third-order valence-corrected chi connectivity index (χ3v) is 3.96. The summed E-state index contributed by atoms with van der Waals surface area (Å²) in [5, 5.41) is 9.13. The van der Waals surface area contributed by atoms with Crippen molar-refractivity contribution in [1.29, 1.82) is 0 Å². The molecule has 3 atom stereocenters. The minimum absolute atomic E-state index is 0.00000472. The minimum atomic E-state index is -0.885. The van der Waals surface area contributed by atoms with Crippen LogP contribution in [0.3, 0.4) is 0 Å². The number of hydrogen-bond donors (Lipinski definition) is 1. The molecule has 5 nitrogen and oxygen atoms in total. The maximum Gasteiger partial charge on any atom is 0.311 e. The van der Waals surface area contributed by atoms with Gasteiger partial charge in [0.15, 0.2) is 0 Å². The number of likely N-dealkylation sites (N-methyl/N-ethyl adjacent to an activating group) is 1. The fourth-order valence-electron chi connectivity index (χ4n) is 2.56. The summed E-state index contributed by atoms with van der Waals surface area (Å²) < 4.78 is 5.22. The average Bonchev–Trinajstić information content (AvgIpc) is 2.87. The first kappa shape index (κ1) is 16.0. The van der Waals surface area contributed by atoms with E-state index in [4.69, 9.17) is 9.84 Å². The Morgan fingerprint density at radius 1 is 1.37 bits per heavy atom. The molecule has 1 saturated heterocycles. The maximum atomic E-state index is 12.4. The van der Waals surface area contributed by atoms with Crippen LogP contribution in [-0.2, 0) is 14.3 Å². The molecule has 0 bridgehead atoms. The highest BCUT2D eigenvalue weighted by atomic mass is 16.5. The SMILES string of the molecule is CCCCC(CC)C(=O)N(C)C1COCC1C(=O)O. The number of hydrogen-bond acceptors (Lipinski definition) is 3. The summed E-state index contributed by atoms with van der Waals surface area (Å²) in [4.78, 5) is 25.1. The highest BCUT2D eigenvalue weighted by Gasteiger charge is 2.39. The molecule has 0 radical (unpaired) electrons. The third-order valence-electron chi connectivity index (χ3n) is 3.96. The molecule has 0 aromatic rings. The normalized spacial score (nSPS) is 24.2. The minimum Gasteiger partial charge on any atom is -0.481 e. The summed E-state index contributed by atoms with van der Waals surface area (Å²) in [7, 11) is 1.70. The zero-order valence-corrected chi connectivity index (χ0v) is 12.1. The van der Waals surface area contributed by atoms with Gasteiger partial charge in [0.05, 0.1) is 19.3 Å². The number of unbranched alkanes of at least 4 members (excludes halogenated alkanes) is 1. The smallest absolute Gasteiger partial charge is 0.311 e. The molecule has 1 N–H and O–H groups in total. The number of carboxylic acids is 1. The van der Waals surface area contributed by atoms with E-state index in [-0.39, 0.29) is 24.5 Å². The average molecular weight is 271 g/mol. The molecule has 5 heteroatoms. The van der Waals surface area contributed by atoms with Crippen LogP contribution in [0.2, 0.25) is 0 Å². The lowest BCUT2D eigenvalue weighted by Gasteiger charge is -2.29. The van der Waals surface area contributed by atoms with E-state index in [2.05, 4.69) is 6.92 Å². The summed E-state index contributed by atoms with van der Waals surface area (Å²) in [6.07, 6.45) is 3.77. The Labute approximate surface area is 114 Å². The summed E-state index contributed by atoms with van der Waals surface area (Å²) >= 11 is 0. The zero-order chi connectivity index (χ0) is 14.4. The lowest BCUT2D eigenvalue weighted by molar-refractivity contribution is -0.145. The van der Waals surface area contributed by atoms with Crippen LogP contribution in [-0.4, -0.2) is 48.2 Å². The van der Waals surface area contributed by atoms with Gasteiger partial charge in [-0.15, -0.1) is 0 Å². The topological polar surface area (TPSA) is 66.8 Å². The second kappa shape index (κ2) is 7.48. The van der Waals surface area contributed by atoms with E-state index in [0.29, 0.717) is 6.61 Å². The number of ether oxygens (including phenoxy) is 1. The first-order valence-corrected chi connectivity index (χ1v) is 7.10. The number of carbonyl (C=O) groups is 2. The van der Waals surface area contributed by atoms with Crippen LogP contribution >= 0.6 is 0 Å². The predicted octanol–water partition coefficient (Wildman–Crippen LogP) is 1.76.